The first kappa shape index (κ1) is 48.4. The van der Waals surface area contributed by atoms with E-state index in [1.165, 1.54) is 0 Å². The molecule has 52 heavy (non-hydrogen) atoms. The van der Waals surface area contributed by atoms with Gasteiger partial charge in [-0.2, -0.15) is 70.2 Å². The van der Waals surface area contributed by atoms with Crippen molar-refractivity contribution >= 4 is 8.32 Å². The van der Waals surface area contributed by atoms with Crippen LogP contribution in [0.5, 0.6) is 0 Å². The maximum Gasteiger partial charge on any atom is 0.381 e. The van der Waals surface area contributed by atoms with Gasteiger partial charge in [0.25, 0.3) is 12.9 Å². The highest BCUT2D eigenvalue weighted by molar-refractivity contribution is 6.71. The van der Waals surface area contributed by atoms with Gasteiger partial charge in [-0.15, -0.1) is 0 Å². The zero-order valence-electron chi connectivity index (χ0n) is 25.8. The van der Waals surface area contributed by atoms with Crippen molar-refractivity contribution in [3.05, 3.63) is 0 Å². The summed E-state index contributed by atoms with van der Waals surface area (Å²) in [6, 6.07) is -1.46. The largest absolute Gasteiger partial charge is 0.412 e. The van der Waals surface area contributed by atoms with Crippen molar-refractivity contribution in [2.24, 2.45) is 5.41 Å². The highest BCUT2D eigenvalue weighted by atomic mass is 28.4. The molecule has 0 aromatic carbocycles. The molecule has 0 amide bonds. The van der Waals surface area contributed by atoms with Crippen LogP contribution in [-0.4, -0.2) is 111 Å². The minimum atomic E-state index is -8.44. The first-order valence-corrected chi connectivity index (χ1v) is 16.8. The minimum absolute atomic E-state index is 0.177. The quantitative estimate of drug-likeness (QED) is 0.111. The second-order valence-electron chi connectivity index (χ2n) is 12.8. The Kier molecular flexibility index (Phi) is 12.9. The lowest BCUT2D eigenvalue weighted by molar-refractivity contribution is -0.411. The van der Waals surface area contributed by atoms with Gasteiger partial charge in [0.15, 0.2) is 33.0 Å². The first-order chi connectivity index (χ1) is 22.5. The van der Waals surface area contributed by atoms with Crippen molar-refractivity contribution in [3.63, 3.8) is 0 Å². The smallest absolute Gasteiger partial charge is 0.381 e. The molecule has 1 aliphatic heterocycles. The summed E-state index contributed by atoms with van der Waals surface area (Å²) in [6.45, 7) is 1.34. The molecule has 6 unspecified atom stereocenters. The third kappa shape index (κ3) is 6.79. The minimum Gasteiger partial charge on any atom is -0.412 e. The molecule has 1 rings (SSSR count). The van der Waals surface area contributed by atoms with Gasteiger partial charge < -0.3 is 4.43 Å². The molecule has 0 aromatic heterocycles. The Labute approximate surface area is 275 Å². The Bertz CT molecular complexity index is 1160. The van der Waals surface area contributed by atoms with E-state index in [4.69, 9.17) is 4.43 Å². The fourth-order valence-corrected chi connectivity index (χ4v) is 8.13. The van der Waals surface area contributed by atoms with Gasteiger partial charge in [0.05, 0.1) is 11.0 Å². The maximum absolute atomic E-state index is 15.9. The molecule has 0 spiro atoms. The van der Waals surface area contributed by atoms with E-state index in [0.717, 1.165) is 13.1 Å². The summed E-state index contributed by atoms with van der Waals surface area (Å²) in [6.07, 6.45) is -47.2. The Morgan fingerprint density at radius 1 is 0.462 bits per heavy atom. The van der Waals surface area contributed by atoms with Crippen molar-refractivity contribution in [1.29, 1.82) is 0 Å². The molecule has 0 aromatic rings. The lowest BCUT2D eigenvalue weighted by atomic mass is 9.60. The molecule has 1 aliphatic rings. The molecule has 1 saturated heterocycles. The van der Waals surface area contributed by atoms with Gasteiger partial charge >= 0.3 is 47.4 Å². The molecule has 0 radical (unpaired) electrons. The van der Waals surface area contributed by atoms with Crippen LogP contribution in [0.3, 0.4) is 0 Å². The summed E-state index contributed by atoms with van der Waals surface area (Å²) in [5, 5.41) is 0. The third-order valence-corrected chi connectivity index (χ3v) is 11.0. The molecule has 0 bridgehead atoms. The molecule has 312 valence electrons. The Hall–Kier alpha value is -1.64. The average molecular weight is 850 g/mol. The number of alkyl halides is 26. The van der Waals surface area contributed by atoms with Crippen LogP contribution in [0.1, 0.15) is 20.3 Å². The van der Waals surface area contributed by atoms with Crippen molar-refractivity contribution in [1.82, 2.24) is 0 Å². The van der Waals surface area contributed by atoms with Gasteiger partial charge in [-0.05, 0) is 39.4 Å². The van der Waals surface area contributed by atoms with Gasteiger partial charge in [0, 0.05) is 0 Å². The molecule has 0 aliphatic carbocycles. The van der Waals surface area contributed by atoms with E-state index in [9.17, 15) is 87.8 Å². The highest BCUT2D eigenvalue weighted by Gasteiger charge is 2.90. The van der Waals surface area contributed by atoms with Crippen molar-refractivity contribution < 1.29 is 119 Å². The average Bonchev–Trinajstić information content (AvgIpc) is 2.97. The summed E-state index contributed by atoms with van der Waals surface area (Å²) >= 11 is 0. The van der Waals surface area contributed by atoms with Crippen LogP contribution in [0, 0.1) is 5.41 Å². The van der Waals surface area contributed by atoms with E-state index in [1.807, 2.05) is 0 Å². The van der Waals surface area contributed by atoms with Crippen LogP contribution in [0.25, 0.3) is 0 Å². The van der Waals surface area contributed by atoms with E-state index in [1.54, 1.807) is 0 Å². The lowest BCUT2D eigenvalue weighted by Gasteiger charge is -2.59. The summed E-state index contributed by atoms with van der Waals surface area (Å²) in [5.41, 5.74) is -9.51. The lowest BCUT2D eigenvalue weighted by Crippen LogP contribution is -2.77. The molecule has 1 fully saturated rings. The molecule has 0 saturated carbocycles. The van der Waals surface area contributed by atoms with Crippen LogP contribution >= 0.6 is 0 Å². The van der Waals surface area contributed by atoms with Gasteiger partial charge in [-0.25, -0.2) is 43.9 Å². The fraction of sp³-hybridized carbons (Fsp3) is 1.00. The second kappa shape index (κ2) is 13.8. The highest BCUT2D eigenvalue weighted by Crippen LogP contribution is 2.66. The zero-order chi connectivity index (χ0) is 42.2. The summed E-state index contributed by atoms with van der Waals surface area (Å²) in [4.78, 5) is 0. The van der Waals surface area contributed by atoms with Crippen molar-refractivity contribution in [2.75, 3.05) is 0 Å². The van der Waals surface area contributed by atoms with Gasteiger partial charge in [0.1, 0.15) is 0 Å². The predicted octanol–water partition coefficient (Wildman–Crippen LogP) is 11.0. The normalized spacial score (nSPS) is 25.2. The van der Waals surface area contributed by atoms with Crippen LogP contribution in [0.4, 0.5) is 114 Å². The Morgan fingerprint density at radius 3 is 0.942 bits per heavy atom. The third-order valence-electron chi connectivity index (χ3n) is 8.53. The second-order valence-corrected chi connectivity index (χ2v) is 17.0. The van der Waals surface area contributed by atoms with Gasteiger partial charge in [0.2, 0.25) is 12.3 Å². The zero-order valence-corrected chi connectivity index (χ0v) is 26.8. The summed E-state index contributed by atoms with van der Waals surface area (Å²) < 4.78 is 372. The van der Waals surface area contributed by atoms with E-state index >= 15 is 26.3 Å². The monoisotopic (exact) mass is 850 g/mol. The van der Waals surface area contributed by atoms with E-state index in [-0.39, 0.29) is 13.8 Å². The van der Waals surface area contributed by atoms with Crippen LogP contribution in [0.2, 0.25) is 19.1 Å². The number of rotatable bonds is 16. The number of halogens is 26. The van der Waals surface area contributed by atoms with Crippen LogP contribution < -0.4 is 0 Å². The summed E-state index contributed by atoms with van der Waals surface area (Å²) in [7, 11) is -3.89. The SMILES string of the molecule is CC1(C)O[Si](C)(C)CCC1(C(F)C(F)(F)C(F)(F)C(F)(F)C(F)(F)C(F)C(F)C(F)F)C(F)C(F)(F)C(F)(F)C(F)(F)C(F)(F)C(F)C(F)C(F)F. The maximum atomic E-state index is 15.9. The van der Waals surface area contributed by atoms with Crippen LogP contribution in [-0.2, 0) is 4.43 Å². The molecule has 0 N–H and O–H groups in total. The Balaban J connectivity index is 4.17. The van der Waals surface area contributed by atoms with Crippen molar-refractivity contribution in [2.45, 2.75) is 142 Å². The van der Waals surface area contributed by atoms with E-state index in [0.29, 0.717) is 0 Å². The van der Waals surface area contributed by atoms with Gasteiger partial charge in [-0.1, -0.05) is 0 Å². The standard InChI is InChI=1S/C24H24F26OSi/c1-15(2)16(5-6-52(3,4)51-15,13(33)19(39,40)23(47,48)21(43,44)17(35,36)9(27)7(25)11(29)30)14(34)20(41,42)24(49,50)22(45,46)18(37,38)10(28)8(26)12(31)32/h7-14H,5-6H2,1-4H3. The predicted molar refractivity (Wildman–Crippen MR) is 125 cm³/mol. The van der Waals surface area contributed by atoms with Crippen LogP contribution in [0.15, 0.2) is 0 Å². The Morgan fingerprint density at radius 2 is 0.712 bits per heavy atom. The van der Waals surface area contributed by atoms with Crippen molar-refractivity contribution in [3.8, 4) is 0 Å². The molecular weight excluding hydrogens is 826 g/mol. The molecule has 6 atom stereocenters. The fourth-order valence-electron chi connectivity index (χ4n) is 5.44. The summed E-state index contributed by atoms with van der Waals surface area (Å²) in [5.74, 6) is -65.2. The molecular formula is C24H24F26OSi. The molecule has 28 heteroatoms. The number of hydrogen-bond acceptors (Lipinski definition) is 1. The molecule has 1 heterocycles. The van der Waals surface area contributed by atoms with Gasteiger partial charge in [-0.3, -0.25) is 0 Å². The topological polar surface area (TPSA) is 9.23 Å². The number of hydrogen-bond donors (Lipinski definition) is 0. The molecule has 1 nitrogen and oxygen atoms in total. The van der Waals surface area contributed by atoms with E-state index < -0.39 is 129 Å². The van der Waals surface area contributed by atoms with E-state index in [2.05, 4.69) is 0 Å². The first-order valence-electron chi connectivity index (χ1n) is 13.6.